The zero-order chi connectivity index (χ0) is 9.42. The molecular weight excluding hydrogens is 184 g/mol. The summed E-state index contributed by atoms with van der Waals surface area (Å²) in [6.07, 6.45) is 5.88. The molecule has 3 heteroatoms. The Hall–Kier alpha value is -1.02. The van der Waals surface area contributed by atoms with Crippen LogP contribution in [-0.4, -0.2) is 11.8 Å². The van der Waals surface area contributed by atoms with Crippen LogP contribution in [0.25, 0.3) is 0 Å². The van der Waals surface area contributed by atoms with Crippen molar-refractivity contribution in [1.29, 1.82) is 0 Å². The van der Waals surface area contributed by atoms with Gasteiger partial charge in [-0.2, -0.15) is 0 Å². The van der Waals surface area contributed by atoms with E-state index in [0.29, 0.717) is 5.16 Å². The van der Waals surface area contributed by atoms with Gasteiger partial charge in [0.15, 0.2) is 0 Å². The molecule has 1 aliphatic heterocycles. The normalized spacial score (nSPS) is 26.2. The number of hydrogen-bond donors (Lipinski definition) is 1. The third kappa shape index (κ3) is 1.54. The van der Waals surface area contributed by atoms with Gasteiger partial charge in [-0.05, 0) is 31.1 Å². The van der Waals surface area contributed by atoms with Crippen LogP contribution in [0.5, 0.6) is 0 Å². The maximum absolute atomic E-state index is 5.81. The standard InChI is InChI=1S/C10H11ClN2/c1-6-3-8-9(4-7(6)2)13-10(11)5-12-8/h3-5,9,13H,1-2H3. The molecule has 0 amide bonds. The molecule has 1 atom stereocenters. The van der Waals surface area contributed by atoms with Gasteiger partial charge in [0.2, 0.25) is 0 Å². The molecule has 0 fully saturated rings. The summed E-state index contributed by atoms with van der Waals surface area (Å²) in [4.78, 5) is 4.26. The summed E-state index contributed by atoms with van der Waals surface area (Å²) in [6.45, 7) is 4.18. The van der Waals surface area contributed by atoms with E-state index in [1.54, 1.807) is 6.20 Å². The maximum Gasteiger partial charge on any atom is 0.121 e. The van der Waals surface area contributed by atoms with Crippen molar-refractivity contribution < 1.29 is 0 Å². The van der Waals surface area contributed by atoms with E-state index in [1.165, 1.54) is 11.1 Å². The molecule has 2 aliphatic rings. The summed E-state index contributed by atoms with van der Waals surface area (Å²) in [7, 11) is 0. The molecule has 13 heavy (non-hydrogen) atoms. The minimum absolute atomic E-state index is 0.154. The van der Waals surface area contributed by atoms with Crippen molar-refractivity contribution >= 4 is 17.3 Å². The molecule has 0 aromatic heterocycles. The summed E-state index contributed by atoms with van der Waals surface area (Å²) in [5.74, 6) is 0. The maximum atomic E-state index is 5.81. The number of rotatable bonds is 0. The van der Waals surface area contributed by atoms with Gasteiger partial charge >= 0.3 is 0 Å². The molecule has 1 aliphatic carbocycles. The lowest BCUT2D eigenvalue weighted by molar-refractivity contribution is 0.830. The molecule has 0 aromatic carbocycles. The van der Waals surface area contributed by atoms with Crippen molar-refractivity contribution in [3.63, 3.8) is 0 Å². The lowest BCUT2D eigenvalue weighted by Crippen LogP contribution is -2.36. The molecule has 0 saturated carbocycles. The third-order valence-corrected chi connectivity index (χ3v) is 2.55. The molecule has 68 valence electrons. The largest absolute Gasteiger partial charge is 0.363 e. The van der Waals surface area contributed by atoms with E-state index in [2.05, 4.69) is 36.3 Å². The second kappa shape index (κ2) is 3.04. The summed E-state index contributed by atoms with van der Waals surface area (Å²) in [5, 5.41) is 3.75. The zero-order valence-corrected chi connectivity index (χ0v) is 8.39. The first kappa shape index (κ1) is 8.57. The Bertz CT molecular complexity index is 361. The van der Waals surface area contributed by atoms with Crippen LogP contribution in [0.2, 0.25) is 0 Å². The fourth-order valence-corrected chi connectivity index (χ4v) is 1.61. The average Bonchev–Trinajstić information content (AvgIpc) is 2.08. The first-order valence-electron chi connectivity index (χ1n) is 4.24. The lowest BCUT2D eigenvalue weighted by atomic mass is 9.95. The fraction of sp³-hybridized carbons (Fsp3) is 0.300. The summed E-state index contributed by atoms with van der Waals surface area (Å²) in [6, 6.07) is 0.154. The number of aliphatic imine (C=N–C) groups is 1. The van der Waals surface area contributed by atoms with E-state index >= 15 is 0 Å². The van der Waals surface area contributed by atoms with Gasteiger partial charge in [-0.15, -0.1) is 0 Å². The van der Waals surface area contributed by atoms with Gasteiger partial charge in [0.1, 0.15) is 5.16 Å². The molecule has 2 nitrogen and oxygen atoms in total. The fourth-order valence-electron chi connectivity index (χ4n) is 1.44. The molecule has 0 aromatic rings. The van der Waals surface area contributed by atoms with E-state index in [4.69, 9.17) is 11.6 Å². The van der Waals surface area contributed by atoms with E-state index in [1.807, 2.05) is 0 Å². The van der Waals surface area contributed by atoms with Gasteiger partial charge in [0.05, 0.1) is 18.0 Å². The van der Waals surface area contributed by atoms with Crippen LogP contribution < -0.4 is 5.32 Å². The Morgan fingerprint density at radius 3 is 2.92 bits per heavy atom. The Morgan fingerprint density at radius 1 is 1.38 bits per heavy atom. The second-order valence-electron chi connectivity index (χ2n) is 3.33. The van der Waals surface area contributed by atoms with Gasteiger partial charge in [-0.1, -0.05) is 17.7 Å². The first-order valence-corrected chi connectivity index (χ1v) is 4.61. The van der Waals surface area contributed by atoms with Crippen LogP contribution in [0.15, 0.2) is 39.6 Å². The summed E-state index contributed by atoms with van der Waals surface area (Å²) < 4.78 is 0. The lowest BCUT2D eigenvalue weighted by Gasteiger charge is -2.24. The van der Waals surface area contributed by atoms with E-state index < -0.39 is 0 Å². The third-order valence-electron chi connectivity index (χ3n) is 2.34. The van der Waals surface area contributed by atoms with Crippen LogP contribution in [0.4, 0.5) is 0 Å². The Kier molecular flexibility index (Phi) is 2.00. The van der Waals surface area contributed by atoms with Gasteiger partial charge in [0.25, 0.3) is 0 Å². The highest BCUT2D eigenvalue weighted by molar-refractivity contribution is 6.29. The van der Waals surface area contributed by atoms with Gasteiger partial charge in [0, 0.05) is 0 Å². The Balaban J connectivity index is 2.38. The highest BCUT2D eigenvalue weighted by Crippen LogP contribution is 2.20. The minimum Gasteiger partial charge on any atom is -0.363 e. The molecule has 1 N–H and O–H groups in total. The predicted octanol–water partition coefficient (Wildman–Crippen LogP) is 2.34. The van der Waals surface area contributed by atoms with Gasteiger partial charge in [-0.3, -0.25) is 4.99 Å². The second-order valence-corrected chi connectivity index (χ2v) is 3.74. The topological polar surface area (TPSA) is 24.4 Å². The van der Waals surface area contributed by atoms with Crippen molar-refractivity contribution in [3.8, 4) is 0 Å². The Morgan fingerprint density at radius 2 is 2.15 bits per heavy atom. The van der Waals surface area contributed by atoms with Crippen LogP contribution in [0.3, 0.4) is 0 Å². The molecule has 0 radical (unpaired) electrons. The van der Waals surface area contributed by atoms with Crippen LogP contribution in [0.1, 0.15) is 13.8 Å². The number of nitrogens with zero attached hydrogens (tertiary/aromatic N) is 1. The smallest absolute Gasteiger partial charge is 0.121 e. The minimum atomic E-state index is 0.154. The number of hydrogen-bond acceptors (Lipinski definition) is 2. The molecular formula is C10H11ClN2. The number of halogens is 1. The van der Waals surface area contributed by atoms with Gasteiger partial charge < -0.3 is 5.32 Å². The van der Waals surface area contributed by atoms with E-state index in [-0.39, 0.29) is 6.04 Å². The molecule has 0 bridgehead atoms. The van der Waals surface area contributed by atoms with Crippen LogP contribution in [0, 0.1) is 0 Å². The molecule has 2 rings (SSSR count). The summed E-state index contributed by atoms with van der Waals surface area (Å²) >= 11 is 5.81. The SMILES string of the molecule is CC1=CC2=NC=C(Cl)NC2C=C1C. The van der Waals surface area contributed by atoms with Crippen molar-refractivity contribution in [1.82, 2.24) is 5.32 Å². The molecule has 1 heterocycles. The quantitative estimate of drug-likeness (QED) is 0.589. The molecule has 1 unspecified atom stereocenters. The van der Waals surface area contributed by atoms with Crippen LogP contribution >= 0.6 is 11.6 Å². The van der Waals surface area contributed by atoms with Crippen molar-refractivity contribution in [2.75, 3.05) is 0 Å². The average molecular weight is 195 g/mol. The highest BCUT2D eigenvalue weighted by atomic mass is 35.5. The van der Waals surface area contributed by atoms with Crippen LogP contribution in [-0.2, 0) is 0 Å². The van der Waals surface area contributed by atoms with Crippen molar-refractivity contribution in [2.45, 2.75) is 19.9 Å². The number of fused-ring (bicyclic) bond motifs is 1. The monoisotopic (exact) mass is 194 g/mol. The van der Waals surface area contributed by atoms with E-state index in [0.717, 1.165) is 5.71 Å². The first-order chi connectivity index (χ1) is 6.16. The Labute approximate surface area is 82.7 Å². The van der Waals surface area contributed by atoms with Crippen molar-refractivity contribution in [2.24, 2.45) is 4.99 Å². The summed E-state index contributed by atoms with van der Waals surface area (Å²) in [5.41, 5.74) is 3.58. The van der Waals surface area contributed by atoms with Crippen molar-refractivity contribution in [3.05, 3.63) is 34.7 Å². The number of nitrogens with one attached hydrogen (secondary N) is 1. The van der Waals surface area contributed by atoms with Gasteiger partial charge in [-0.25, -0.2) is 0 Å². The van der Waals surface area contributed by atoms with E-state index in [9.17, 15) is 0 Å². The predicted molar refractivity (Wildman–Crippen MR) is 55.8 cm³/mol. The zero-order valence-electron chi connectivity index (χ0n) is 7.63. The molecule has 0 spiro atoms. The highest BCUT2D eigenvalue weighted by Gasteiger charge is 2.19. The molecule has 0 saturated heterocycles. The number of allylic oxidation sites excluding steroid dienone is 2.